The lowest BCUT2D eigenvalue weighted by Crippen LogP contribution is -2.36. The number of para-hydroxylation sites is 2. The van der Waals surface area contributed by atoms with Crippen LogP contribution in [0.4, 0.5) is 16.2 Å². The van der Waals surface area contributed by atoms with Crippen molar-refractivity contribution < 1.29 is 14.8 Å². The molecule has 2 amide bonds. The molecule has 124 valence electrons. The number of amides is 2. The standard InChI is InChI=1S/C17H17N3O4/c21-14-9-5-12(6-10-14)11-19(13-7-8-13)17(22)18-15-3-1-2-4-16(15)20(23)24/h1-6,9-10,13,21H,7-8,11H2,(H,18,22). The van der Waals surface area contributed by atoms with Crippen molar-refractivity contribution in [1.82, 2.24) is 4.90 Å². The zero-order valence-corrected chi connectivity index (χ0v) is 12.9. The molecule has 2 aromatic carbocycles. The van der Waals surface area contributed by atoms with E-state index in [1.165, 1.54) is 12.1 Å². The predicted octanol–water partition coefficient (Wildman–Crippen LogP) is 3.50. The van der Waals surface area contributed by atoms with E-state index in [2.05, 4.69) is 5.32 Å². The number of aromatic hydroxyl groups is 1. The summed E-state index contributed by atoms with van der Waals surface area (Å²) in [6.07, 6.45) is 1.84. The molecule has 1 aliphatic carbocycles. The van der Waals surface area contributed by atoms with Crippen molar-refractivity contribution in [1.29, 1.82) is 0 Å². The lowest BCUT2D eigenvalue weighted by Gasteiger charge is -2.23. The number of phenolic OH excluding ortho intramolecular Hbond substituents is 1. The Kier molecular flexibility index (Phi) is 4.33. The van der Waals surface area contributed by atoms with E-state index < -0.39 is 4.92 Å². The second-order valence-electron chi connectivity index (χ2n) is 5.73. The van der Waals surface area contributed by atoms with Gasteiger partial charge in [0.1, 0.15) is 11.4 Å². The summed E-state index contributed by atoms with van der Waals surface area (Å²) in [6, 6.07) is 12.5. The van der Waals surface area contributed by atoms with Gasteiger partial charge in [0.25, 0.3) is 5.69 Å². The highest BCUT2D eigenvalue weighted by Crippen LogP contribution is 2.30. The number of carbonyl (C=O) groups is 1. The van der Waals surface area contributed by atoms with Gasteiger partial charge in [-0.15, -0.1) is 0 Å². The fraction of sp³-hybridized carbons (Fsp3) is 0.235. The van der Waals surface area contributed by atoms with Crippen LogP contribution in [0, 0.1) is 10.1 Å². The molecule has 0 radical (unpaired) electrons. The first kappa shape index (κ1) is 15.8. The third-order valence-corrected chi connectivity index (χ3v) is 3.88. The average molecular weight is 327 g/mol. The van der Waals surface area contributed by atoms with E-state index in [9.17, 15) is 20.0 Å². The molecular weight excluding hydrogens is 310 g/mol. The van der Waals surface area contributed by atoms with Gasteiger partial charge in [-0.05, 0) is 36.6 Å². The Morgan fingerprint density at radius 1 is 1.21 bits per heavy atom. The summed E-state index contributed by atoms with van der Waals surface area (Å²) in [6.45, 7) is 0.386. The molecule has 1 saturated carbocycles. The van der Waals surface area contributed by atoms with Crippen LogP contribution in [0.15, 0.2) is 48.5 Å². The van der Waals surface area contributed by atoms with Crippen LogP contribution in [0.2, 0.25) is 0 Å². The van der Waals surface area contributed by atoms with Gasteiger partial charge in [0.15, 0.2) is 0 Å². The summed E-state index contributed by atoms with van der Waals surface area (Å²) in [5, 5.41) is 23.0. The second-order valence-corrected chi connectivity index (χ2v) is 5.73. The van der Waals surface area contributed by atoms with Crippen LogP contribution in [-0.4, -0.2) is 27.0 Å². The maximum Gasteiger partial charge on any atom is 0.322 e. The number of nitrogens with zero attached hydrogens (tertiary/aromatic N) is 2. The molecular formula is C17H17N3O4. The molecule has 0 spiro atoms. The van der Waals surface area contributed by atoms with Gasteiger partial charge in [-0.25, -0.2) is 4.79 Å². The number of nitro benzene ring substituents is 1. The molecule has 0 saturated heterocycles. The maximum absolute atomic E-state index is 12.6. The Bertz CT molecular complexity index is 757. The van der Waals surface area contributed by atoms with E-state index in [1.54, 1.807) is 41.3 Å². The minimum absolute atomic E-state index is 0.133. The second kappa shape index (κ2) is 6.57. The minimum atomic E-state index is -0.517. The van der Waals surface area contributed by atoms with Gasteiger partial charge in [-0.2, -0.15) is 0 Å². The molecule has 0 heterocycles. The van der Waals surface area contributed by atoms with Crippen molar-refractivity contribution in [3.63, 3.8) is 0 Å². The third kappa shape index (κ3) is 3.62. The van der Waals surface area contributed by atoms with Crippen molar-refractivity contribution >= 4 is 17.4 Å². The highest BCUT2D eigenvalue weighted by atomic mass is 16.6. The molecule has 0 unspecified atom stereocenters. The number of nitrogens with one attached hydrogen (secondary N) is 1. The van der Waals surface area contributed by atoms with Crippen LogP contribution in [0.5, 0.6) is 5.75 Å². The van der Waals surface area contributed by atoms with Crippen LogP contribution < -0.4 is 5.32 Å². The van der Waals surface area contributed by atoms with Gasteiger partial charge in [-0.3, -0.25) is 10.1 Å². The Morgan fingerprint density at radius 2 is 1.88 bits per heavy atom. The molecule has 1 aliphatic rings. The number of anilines is 1. The van der Waals surface area contributed by atoms with E-state index in [1.807, 2.05) is 0 Å². The van der Waals surface area contributed by atoms with Crippen molar-refractivity contribution in [3.8, 4) is 5.75 Å². The molecule has 2 N–H and O–H groups in total. The molecule has 0 aromatic heterocycles. The summed E-state index contributed by atoms with van der Waals surface area (Å²) < 4.78 is 0. The number of nitro groups is 1. The minimum Gasteiger partial charge on any atom is -0.508 e. The lowest BCUT2D eigenvalue weighted by atomic mass is 10.2. The van der Waals surface area contributed by atoms with E-state index in [4.69, 9.17) is 0 Å². The third-order valence-electron chi connectivity index (χ3n) is 3.88. The average Bonchev–Trinajstić information content (AvgIpc) is 3.39. The Balaban J connectivity index is 1.76. The zero-order valence-electron chi connectivity index (χ0n) is 12.9. The first-order valence-corrected chi connectivity index (χ1v) is 7.63. The molecule has 1 fully saturated rings. The summed E-state index contributed by atoms with van der Waals surface area (Å²) in [5.41, 5.74) is 0.937. The molecule has 0 bridgehead atoms. The smallest absolute Gasteiger partial charge is 0.322 e. The zero-order chi connectivity index (χ0) is 17.1. The number of hydrogen-bond donors (Lipinski definition) is 2. The van der Waals surface area contributed by atoms with E-state index in [-0.39, 0.29) is 29.2 Å². The first-order chi connectivity index (χ1) is 11.5. The van der Waals surface area contributed by atoms with E-state index in [0.29, 0.717) is 6.54 Å². The molecule has 7 nitrogen and oxygen atoms in total. The van der Waals surface area contributed by atoms with Crippen molar-refractivity contribution in [3.05, 3.63) is 64.2 Å². The lowest BCUT2D eigenvalue weighted by molar-refractivity contribution is -0.383. The SMILES string of the molecule is O=C(Nc1ccccc1[N+](=O)[O-])N(Cc1ccc(O)cc1)C1CC1. The fourth-order valence-electron chi connectivity index (χ4n) is 2.48. The summed E-state index contributed by atoms with van der Waals surface area (Å²) in [7, 11) is 0. The number of benzene rings is 2. The molecule has 0 atom stereocenters. The van der Waals surface area contributed by atoms with Gasteiger partial charge in [0, 0.05) is 18.7 Å². The van der Waals surface area contributed by atoms with E-state index >= 15 is 0 Å². The quantitative estimate of drug-likeness (QED) is 0.649. The topological polar surface area (TPSA) is 95.7 Å². The van der Waals surface area contributed by atoms with Crippen molar-refractivity contribution in [2.45, 2.75) is 25.4 Å². The van der Waals surface area contributed by atoms with Crippen LogP contribution >= 0.6 is 0 Å². The number of urea groups is 1. The van der Waals surface area contributed by atoms with Gasteiger partial charge in [-0.1, -0.05) is 24.3 Å². The van der Waals surface area contributed by atoms with Gasteiger partial charge < -0.3 is 15.3 Å². The number of hydrogen-bond acceptors (Lipinski definition) is 4. The monoisotopic (exact) mass is 327 g/mol. The largest absolute Gasteiger partial charge is 0.508 e. The van der Waals surface area contributed by atoms with Crippen LogP contribution in [0.25, 0.3) is 0 Å². The Labute approximate surface area is 138 Å². The maximum atomic E-state index is 12.6. The number of carbonyl (C=O) groups excluding carboxylic acids is 1. The molecule has 24 heavy (non-hydrogen) atoms. The van der Waals surface area contributed by atoms with Crippen molar-refractivity contribution in [2.24, 2.45) is 0 Å². The molecule has 0 aliphatic heterocycles. The summed E-state index contributed by atoms with van der Waals surface area (Å²) >= 11 is 0. The summed E-state index contributed by atoms with van der Waals surface area (Å²) in [4.78, 5) is 24.8. The molecule has 3 rings (SSSR count). The van der Waals surface area contributed by atoms with Crippen LogP contribution in [0.1, 0.15) is 18.4 Å². The van der Waals surface area contributed by atoms with Crippen LogP contribution in [0.3, 0.4) is 0 Å². The highest BCUT2D eigenvalue weighted by Gasteiger charge is 2.33. The van der Waals surface area contributed by atoms with Gasteiger partial charge in [0.05, 0.1) is 4.92 Å². The normalized spacial score (nSPS) is 13.3. The van der Waals surface area contributed by atoms with Crippen molar-refractivity contribution in [2.75, 3.05) is 5.32 Å². The first-order valence-electron chi connectivity index (χ1n) is 7.63. The van der Waals surface area contributed by atoms with E-state index in [0.717, 1.165) is 18.4 Å². The number of phenols is 1. The predicted molar refractivity (Wildman–Crippen MR) is 88.8 cm³/mol. The molecule has 7 heteroatoms. The van der Waals surface area contributed by atoms with Crippen LogP contribution in [-0.2, 0) is 6.54 Å². The Hall–Kier alpha value is -3.09. The fourth-order valence-corrected chi connectivity index (χ4v) is 2.48. The summed E-state index contributed by atoms with van der Waals surface area (Å²) in [5.74, 6) is 0.168. The van der Waals surface area contributed by atoms with Gasteiger partial charge >= 0.3 is 6.03 Å². The highest BCUT2D eigenvalue weighted by molar-refractivity contribution is 5.92. The van der Waals surface area contributed by atoms with Gasteiger partial charge in [0.2, 0.25) is 0 Å². The number of rotatable bonds is 5. The molecule has 2 aromatic rings. The Morgan fingerprint density at radius 3 is 2.50 bits per heavy atom.